The van der Waals surface area contributed by atoms with Gasteiger partial charge in [0.05, 0.1) is 6.04 Å². The van der Waals surface area contributed by atoms with Gasteiger partial charge in [-0.05, 0) is 37.5 Å². The van der Waals surface area contributed by atoms with E-state index in [1.54, 1.807) is 6.92 Å². The molecule has 5 heteroatoms. The number of carbonyl (C=O) groups is 1. The maximum Gasteiger partial charge on any atom is 0.236 e. The van der Waals surface area contributed by atoms with Gasteiger partial charge in [-0.3, -0.25) is 4.79 Å². The van der Waals surface area contributed by atoms with E-state index in [2.05, 4.69) is 5.32 Å². The molecule has 19 heavy (non-hydrogen) atoms. The van der Waals surface area contributed by atoms with E-state index in [0.29, 0.717) is 5.92 Å². The van der Waals surface area contributed by atoms with Crippen LogP contribution in [0.2, 0.25) is 5.02 Å². The summed E-state index contributed by atoms with van der Waals surface area (Å²) < 4.78 is 0. The second-order valence-corrected chi connectivity index (χ2v) is 5.43. The molecule has 1 amide bonds. The summed E-state index contributed by atoms with van der Waals surface area (Å²) in [7, 11) is 0. The molecule has 0 heterocycles. The van der Waals surface area contributed by atoms with Crippen LogP contribution in [0.4, 0.5) is 0 Å². The molecular formula is C14H20Cl2N2O. The van der Waals surface area contributed by atoms with Crippen molar-refractivity contribution in [1.29, 1.82) is 0 Å². The first-order valence-corrected chi connectivity index (χ1v) is 6.77. The van der Waals surface area contributed by atoms with E-state index in [-0.39, 0.29) is 24.4 Å². The predicted molar refractivity (Wildman–Crippen MR) is 80.9 cm³/mol. The molecule has 2 rings (SSSR count). The van der Waals surface area contributed by atoms with E-state index in [1.165, 1.54) is 5.56 Å². The molecule has 0 aliphatic heterocycles. The zero-order valence-electron chi connectivity index (χ0n) is 10.9. The van der Waals surface area contributed by atoms with Gasteiger partial charge in [-0.15, -0.1) is 12.4 Å². The van der Waals surface area contributed by atoms with Crippen LogP contribution in [0.25, 0.3) is 0 Å². The van der Waals surface area contributed by atoms with E-state index in [9.17, 15) is 4.79 Å². The standard InChI is InChI=1S/C14H19ClN2O.ClH/c1-9(16)14(18)17-13-4-2-3-12(13)10-5-7-11(15)8-6-10;/h5-9,12-13H,2-4,16H2,1H3,(H,17,18);1H/t9?,12-,13+;/m1./s1. The highest BCUT2D eigenvalue weighted by molar-refractivity contribution is 6.30. The zero-order chi connectivity index (χ0) is 13.1. The Bertz CT molecular complexity index is 420. The lowest BCUT2D eigenvalue weighted by molar-refractivity contribution is -0.122. The van der Waals surface area contributed by atoms with Crippen molar-refractivity contribution in [3.05, 3.63) is 34.9 Å². The molecule has 1 unspecified atom stereocenters. The van der Waals surface area contributed by atoms with E-state index >= 15 is 0 Å². The van der Waals surface area contributed by atoms with Gasteiger partial charge in [-0.2, -0.15) is 0 Å². The Morgan fingerprint density at radius 3 is 2.58 bits per heavy atom. The minimum Gasteiger partial charge on any atom is -0.351 e. The van der Waals surface area contributed by atoms with Crippen LogP contribution in [0.3, 0.4) is 0 Å². The molecule has 106 valence electrons. The van der Waals surface area contributed by atoms with Crippen LogP contribution in [0.15, 0.2) is 24.3 Å². The lowest BCUT2D eigenvalue weighted by atomic mass is 9.94. The Morgan fingerprint density at radius 1 is 1.37 bits per heavy atom. The number of hydrogen-bond acceptors (Lipinski definition) is 2. The number of nitrogens with two attached hydrogens (primary N) is 1. The highest BCUT2D eigenvalue weighted by atomic mass is 35.5. The van der Waals surface area contributed by atoms with Gasteiger partial charge >= 0.3 is 0 Å². The average molecular weight is 303 g/mol. The summed E-state index contributed by atoms with van der Waals surface area (Å²) in [4.78, 5) is 11.7. The van der Waals surface area contributed by atoms with Crippen molar-refractivity contribution in [2.45, 2.75) is 44.2 Å². The van der Waals surface area contributed by atoms with Crippen LogP contribution in [-0.2, 0) is 4.79 Å². The van der Waals surface area contributed by atoms with Crippen LogP contribution in [-0.4, -0.2) is 18.0 Å². The minimum atomic E-state index is -0.448. The molecule has 3 nitrogen and oxygen atoms in total. The van der Waals surface area contributed by atoms with Gasteiger partial charge in [0, 0.05) is 17.0 Å². The van der Waals surface area contributed by atoms with Crippen LogP contribution < -0.4 is 11.1 Å². The summed E-state index contributed by atoms with van der Waals surface area (Å²) in [5, 5.41) is 3.79. The van der Waals surface area contributed by atoms with Crippen molar-refractivity contribution in [3.63, 3.8) is 0 Å². The lowest BCUT2D eigenvalue weighted by Gasteiger charge is -2.22. The van der Waals surface area contributed by atoms with E-state index < -0.39 is 6.04 Å². The molecule has 3 N–H and O–H groups in total. The van der Waals surface area contributed by atoms with E-state index in [1.807, 2.05) is 24.3 Å². The third-order valence-electron chi connectivity index (χ3n) is 3.56. The summed E-state index contributed by atoms with van der Waals surface area (Å²) in [5.74, 6) is 0.311. The van der Waals surface area contributed by atoms with Crippen molar-refractivity contribution in [2.24, 2.45) is 5.73 Å². The molecule has 1 aliphatic rings. The Hall–Kier alpha value is -0.770. The second kappa shape index (κ2) is 7.13. The second-order valence-electron chi connectivity index (χ2n) is 4.99. The smallest absolute Gasteiger partial charge is 0.236 e. The largest absolute Gasteiger partial charge is 0.351 e. The minimum absolute atomic E-state index is 0. The summed E-state index contributed by atoms with van der Waals surface area (Å²) in [6.45, 7) is 1.71. The Morgan fingerprint density at radius 2 is 2.00 bits per heavy atom. The number of rotatable bonds is 3. The fourth-order valence-electron chi connectivity index (χ4n) is 2.56. The van der Waals surface area contributed by atoms with Crippen LogP contribution in [0.5, 0.6) is 0 Å². The normalized spacial score (nSPS) is 23.5. The van der Waals surface area contributed by atoms with Gasteiger partial charge in [-0.1, -0.05) is 30.2 Å². The van der Waals surface area contributed by atoms with Gasteiger partial charge in [0.15, 0.2) is 0 Å². The number of halogens is 2. The molecule has 1 aromatic rings. The fourth-order valence-corrected chi connectivity index (χ4v) is 2.68. The number of benzene rings is 1. The van der Waals surface area contributed by atoms with Crippen molar-refractivity contribution >= 4 is 29.9 Å². The lowest BCUT2D eigenvalue weighted by Crippen LogP contribution is -2.44. The third-order valence-corrected chi connectivity index (χ3v) is 3.81. The molecule has 0 bridgehead atoms. The maximum atomic E-state index is 11.7. The number of nitrogens with one attached hydrogen (secondary N) is 1. The zero-order valence-corrected chi connectivity index (χ0v) is 12.5. The SMILES string of the molecule is CC(N)C(=O)N[C@H]1CCC[C@@H]1c1ccc(Cl)cc1.Cl. The summed E-state index contributed by atoms with van der Waals surface area (Å²) in [5.41, 5.74) is 6.83. The topological polar surface area (TPSA) is 55.1 Å². The van der Waals surface area contributed by atoms with Crippen LogP contribution in [0.1, 0.15) is 37.7 Å². The Kier molecular flexibility index (Phi) is 6.11. The molecule has 1 aromatic carbocycles. The molecule has 0 spiro atoms. The van der Waals surface area contributed by atoms with Crippen LogP contribution in [0, 0.1) is 0 Å². The van der Waals surface area contributed by atoms with Gasteiger partial charge in [-0.25, -0.2) is 0 Å². The Labute approximate surface area is 125 Å². The van der Waals surface area contributed by atoms with Gasteiger partial charge in [0.1, 0.15) is 0 Å². The molecule has 1 fully saturated rings. The molecule has 1 aliphatic carbocycles. The monoisotopic (exact) mass is 302 g/mol. The summed E-state index contributed by atoms with van der Waals surface area (Å²) >= 11 is 5.89. The molecule has 0 radical (unpaired) electrons. The van der Waals surface area contributed by atoms with Crippen molar-refractivity contribution in [2.75, 3.05) is 0 Å². The summed E-state index contributed by atoms with van der Waals surface area (Å²) in [6, 6.07) is 7.65. The molecule has 0 saturated heterocycles. The van der Waals surface area contributed by atoms with Gasteiger partial charge < -0.3 is 11.1 Å². The average Bonchev–Trinajstić information content (AvgIpc) is 2.78. The molecular weight excluding hydrogens is 283 g/mol. The fraction of sp³-hybridized carbons (Fsp3) is 0.500. The van der Waals surface area contributed by atoms with Gasteiger partial charge in [0.2, 0.25) is 5.91 Å². The maximum absolute atomic E-state index is 11.7. The Balaban J connectivity index is 0.00000180. The highest BCUT2D eigenvalue weighted by Crippen LogP contribution is 2.35. The molecule has 0 aromatic heterocycles. The highest BCUT2D eigenvalue weighted by Gasteiger charge is 2.30. The van der Waals surface area contributed by atoms with Crippen molar-refractivity contribution in [1.82, 2.24) is 5.32 Å². The van der Waals surface area contributed by atoms with E-state index in [0.717, 1.165) is 24.3 Å². The van der Waals surface area contributed by atoms with E-state index in [4.69, 9.17) is 17.3 Å². The van der Waals surface area contributed by atoms with Crippen molar-refractivity contribution < 1.29 is 4.79 Å². The molecule has 3 atom stereocenters. The third kappa shape index (κ3) is 4.10. The first kappa shape index (κ1) is 16.3. The van der Waals surface area contributed by atoms with Gasteiger partial charge in [0.25, 0.3) is 0 Å². The number of amides is 1. The number of hydrogen-bond donors (Lipinski definition) is 2. The van der Waals surface area contributed by atoms with Crippen LogP contribution >= 0.6 is 24.0 Å². The first-order valence-electron chi connectivity index (χ1n) is 6.39. The molecule has 1 saturated carbocycles. The summed E-state index contributed by atoms with van der Waals surface area (Å²) in [6.07, 6.45) is 3.26. The first-order chi connectivity index (χ1) is 8.58. The predicted octanol–water partition coefficient (Wildman–Crippen LogP) is 2.86. The quantitative estimate of drug-likeness (QED) is 0.902. The number of carbonyl (C=O) groups excluding carboxylic acids is 1. The van der Waals surface area contributed by atoms with Crippen molar-refractivity contribution in [3.8, 4) is 0 Å².